The number of rotatable bonds is 5. The number of aromatic hydroxyl groups is 1. The van der Waals surface area contributed by atoms with Crippen molar-refractivity contribution in [3.8, 4) is 5.75 Å². The molecule has 0 heterocycles. The zero-order chi connectivity index (χ0) is 16.8. The molecule has 0 bridgehead atoms. The highest BCUT2D eigenvalue weighted by Gasteiger charge is 2.11. The zero-order valence-corrected chi connectivity index (χ0v) is 13.2. The van der Waals surface area contributed by atoms with Crippen molar-refractivity contribution in [1.29, 1.82) is 0 Å². The van der Waals surface area contributed by atoms with Crippen molar-refractivity contribution in [1.82, 2.24) is 10.2 Å². The lowest BCUT2D eigenvalue weighted by Crippen LogP contribution is -2.27. The highest BCUT2D eigenvalue weighted by atomic mass is 16.3. The fourth-order valence-electron chi connectivity index (χ4n) is 2.19. The van der Waals surface area contributed by atoms with Crippen LogP contribution in [0.15, 0.2) is 48.5 Å². The van der Waals surface area contributed by atoms with Crippen molar-refractivity contribution in [3.05, 3.63) is 65.2 Å². The van der Waals surface area contributed by atoms with E-state index in [9.17, 15) is 14.7 Å². The topological polar surface area (TPSA) is 69.6 Å². The van der Waals surface area contributed by atoms with Crippen molar-refractivity contribution >= 4 is 11.8 Å². The average molecular weight is 312 g/mol. The van der Waals surface area contributed by atoms with E-state index in [0.717, 1.165) is 11.1 Å². The first kappa shape index (κ1) is 16.5. The normalized spacial score (nSPS) is 10.2. The quantitative estimate of drug-likeness (QED) is 0.886. The van der Waals surface area contributed by atoms with E-state index >= 15 is 0 Å². The van der Waals surface area contributed by atoms with Crippen LogP contribution in [0.2, 0.25) is 0 Å². The van der Waals surface area contributed by atoms with Crippen LogP contribution in [0.1, 0.15) is 21.5 Å². The molecule has 2 amide bonds. The standard InChI is InChI=1S/C18H20N2O3/c1-19-18(23)15-7-3-14(4-8-15)12-20(2)17(22)11-13-5-9-16(21)10-6-13/h3-10,21H,11-12H2,1-2H3,(H,19,23). The van der Waals surface area contributed by atoms with E-state index in [0.29, 0.717) is 12.1 Å². The molecule has 2 aromatic rings. The Morgan fingerprint density at radius 1 is 1.00 bits per heavy atom. The van der Waals surface area contributed by atoms with Gasteiger partial charge in [-0.05, 0) is 35.4 Å². The van der Waals surface area contributed by atoms with Gasteiger partial charge in [0.1, 0.15) is 5.75 Å². The Morgan fingerprint density at radius 3 is 2.13 bits per heavy atom. The van der Waals surface area contributed by atoms with E-state index < -0.39 is 0 Å². The van der Waals surface area contributed by atoms with Crippen molar-refractivity contribution in [2.75, 3.05) is 14.1 Å². The van der Waals surface area contributed by atoms with Crippen molar-refractivity contribution in [2.24, 2.45) is 0 Å². The summed E-state index contributed by atoms with van der Waals surface area (Å²) < 4.78 is 0. The van der Waals surface area contributed by atoms with Crippen LogP contribution in [0.25, 0.3) is 0 Å². The van der Waals surface area contributed by atoms with Crippen molar-refractivity contribution in [3.63, 3.8) is 0 Å². The van der Waals surface area contributed by atoms with Crippen molar-refractivity contribution < 1.29 is 14.7 Å². The van der Waals surface area contributed by atoms with Gasteiger partial charge in [0.05, 0.1) is 6.42 Å². The van der Waals surface area contributed by atoms with Gasteiger partial charge in [-0.25, -0.2) is 0 Å². The van der Waals surface area contributed by atoms with Gasteiger partial charge < -0.3 is 15.3 Å². The molecule has 0 saturated carbocycles. The number of benzene rings is 2. The minimum Gasteiger partial charge on any atom is -0.508 e. The Labute approximate surface area is 135 Å². The monoisotopic (exact) mass is 312 g/mol. The Balaban J connectivity index is 1.95. The molecule has 0 aliphatic carbocycles. The van der Waals surface area contributed by atoms with E-state index in [1.807, 2.05) is 12.1 Å². The van der Waals surface area contributed by atoms with Crippen LogP contribution < -0.4 is 5.32 Å². The highest BCUT2D eigenvalue weighted by molar-refractivity contribution is 5.93. The molecule has 0 spiro atoms. The summed E-state index contributed by atoms with van der Waals surface area (Å²) in [7, 11) is 3.33. The SMILES string of the molecule is CNC(=O)c1ccc(CN(C)C(=O)Cc2ccc(O)cc2)cc1. The molecule has 0 fully saturated rings. The molecule has 120 valence electrons. The van der Waals surface area contributed by atoms with Gasteiger partial charge >= 0.3 is 0 Å². The van der Waals surface area contributed by atoms with Gasteiger partial charge in [0, 0.05) is 26.2 Å². The molecule has 0 atom stereocenters. The number of hydrogen-bond donors (Lipinski definition) is 2. The summed E-state index contributed by atoms with van der Waals surface area (Å²) >= 11 is 0. The van der Waals surface area contributed by atoms with Crippen LogP contribution in [-0.2, 0) is 17.8 Å². The number of phenolic OH excluding ortho intramolecular Hbond substituents is 1. The first-order valence-electron chi connectivity index (χ1n) is 7.32. The number of carbonyl (C=O) groups excluding carboxylic acids is 2. The van der Waals surface area contributed by atoms with E-state index in [1.165, 1.54) is 0 Å². The minimum absolute atomic E-state index is 0.00827. The average Bonchev–Trinajstić information content (AvgIpc) is 2.56. The van der Waals surface area contributed by atoms with Gasteiger partial charge in [0.2, 0.25) is 5.91 Å². The highest BCUT2D eigenvalue weighted by Crippen LogP contribution is 2.12. The molecular formula is C18H20N2O3. The van der Waals surface area contributed by atoms with E-state index in [1.54, 1.807) is 55.4 Å². The molecule has 23 heavy (non-hydrogen) atoms. The maximum atomic E-state index is 12.2. The molecule has 5 nitrogen and oxygen atoms in total. The molecule has 2 N–H and O–H groups in total. The largest absolute Gasteiger partial charge is 0.508 e. The maximum Gasteiger partial charge on any atom is 0.251 e. The molecule has 2 rings (SSSR count). The predicted octanol–water partition coefficient (Wildman–Crippen LogP) is 1.95. The molecule has 0 saturated heterocycles. The number of nitrogens with zero attached hydrogens (tertiary/aromatic N) is 1. The van der Waals surface area contributed by atoms with Gasteiger partial charge in [-0.2, -0.15) is 0 Å². The summed E-state index contributed by atoms with van der Waals surface area (Å²) in [4.78, 5) is 25.4. The van der Waals surface area contributed by atoms with Crippen LogP contribution in [0.4, 0.5) is 0 Å². The van der Waals surface area contributed by atoms with Crippen LogP contribution in [0, 0.1) is 0 Å². The molecule has 5 heteroatoms. The van der Waals surface area contributed by atoms with Gasteiger partial charge in [0.25, 0.3) is 5.91 Å². The Morgan fingerprint density at radius 2 is 1.57 bits per heavy atom. The molecule has 0 aliphatic rings. The molecule has 0 aromatic heterocycles. The van der Waals surface area contributed by atoms with Crippen molar-refractivity contribution in [2.45, 2.75) is 13.0 Å². The van der Waals surface area contributed by atoms with Crippen LogP contribution in [0.3, 0.4) is 0 Å². The maximum absolute atomic E-state index is 12.2. The third-order valence-corrected chi connectivity index (χ3v) is 3.58. The van der Waals surface area contributed by atoms with E-state index in [4.69, 9.17) is 0 Å². The predicted molar refractivity (Wildman–Crippen MR) is 88.1 cm³/mol. The smallest absolute Gasteiger partial charge is 0.251 e. The number of nitrogens with one attached hydrogen (secondary N) is 1. The Kier molecular flexibility index (Phi) is 5.36. The Bertz CT molecular complexity index is 678. The second-order valence-corrected chi connectivity index (χ2v) is 5.37. The van der Waals surface area contributed by atoms with Gasteiger partial charge in [0.15, 0.2) is 0 Å². The zero-order valence-electron chi connectivity index (χ0n) is 13.2. The molecule has 0 radical (unpaired) electrons. The number of hydrogen-bond acceptors (Lipinski definition) is 3. The van der Waals surface area contributed by atoms with E-state index in [-0.39, 0.29) is 24.0 Å². The molecule has 0 aliphatic heterocycles. The summed E-state index contributed by atoms with van der Waals surface area (Å²) in [5.74, 6) is 0.0464. The lowest BCUT2D eigenvalue weighted by molar-refractivity contribution is -0.129. The number of amides is 2. The second-order valence-electron chi connectivity index (χ2n) is 5.37. The third-order valence-electron chi connectivity index (χ3n) is 3.58. The van der Waals surface area contributed by atoms with Gasteiger partial charge in [-0.1, -0.05) is 24.3 Å². The van der Waals surface area contributed by atoms with Gasteiger partial charge in [-0.15, -0.1) is 0 Å². The third kappa shape index (κ3) is 4.57. The fourth-order valence-corrected chi connectivity index (χ4v) is 2.19. The first-order chi connectivity index (χ1) is 11.0. The first-order valence-corrected chi connectivity index (χ1v) is 7.32. The van der Waals surface area contributed by atoms with E-state index in [2.05, 4.69) is 5.32 Å². The number of carbonyl (C=O) groups is 2. The summed E-state index contributed by atoms with van der Waals surface area (Å²) in [5, 5.41) is 11.8. The number of phenols is 1. The molecule has 2 aromatic carbocycles. The van der Waals surface area contributed by atoms with Crippen LogP contribution >= 0.6 is 0 Å². The molecule has 0 unspecified atom stereocenters. The summed E-state index contributed by atoms with van der Waals surface area (Å²) in [6, 6.07) is 13.8. The summed E-state index contributed by atoms with van der Waals surface area (Å²) in [6.07, 6.45) is 0.285. The summed E-state index contributed by atoms with van der Waals surface area (Å²) in [6.45, 7) is 0.477. The summed E-state index contributed by atoms with van der Waals surface area (Å²) in [5.41, 5.74) is 2.41. The second kappa shape index (κ2) is 7.45. The minimum atomic E-state index is -0.131. The fraction of sp³-hybridized carbons (Fsp3) is 0.222. The van der Waals surface area contributed by atoms with Crippen LogP contribution in [0.5, 0.6) is 5.75 Å². The lowest BCUT2D eigenvalue weighted by atomic mass is 10.1. The lowest BCUT2D eigenvalue weighted by Gasteiger charge is -2.17. The number of likely N-dealkylation sites (N-methyl/N-ethyl adjacent to an activating group) is 1. The Hall–Kier alpha value is -2.82. The van der Waals surface area contributed by atoms with Gasteiger partial charge in [-0.3, -0.25) is 9.59 Å². The van der Waals surface area contributed by atoms with Crippen LogP contribution in [-0.4, -0.2) is 35.9 Å². The molecular weight excluding hydrogens is 292 g/mol.